The smallest absolute Gasteiger partial charge is 0.122 e. The molecule has 0 heterocycles. The highest BCUT2D eigenvalue weighted by Crippen LogP contribution is 2.25. The summed E-state index contributed by atoms with van der Waals surface area (Å²) in [6.07, 6.45) is 1.91. The number of rotatable bonds is 6. The van der Waals surface area contributed by atoms with Crippen LogP contribution in [0.4, 0.5) is 0 Å². The fourth-order valence-electron chi connectivity index (χ4n) is 1.82. The van der Waals surface area contributed by atoms with Gasteiger partial charge in [0.2, 0.25) is 0 Å². The van der Waals surface area contributed by atoms with Crippen molar-refractivity contribution in [3.63, 3.8) is 0 Å². The van der Waals surface area contributed by atoms with Crippen molar-refractivity contribution in [3.8, 4) is 5.75 Å². The van der Waals surface area contributed by atoms with E-state index in [1.54, 1.807) is 0 Å². The molecule has 0 amide bonds. The molecule has 0 saturated heterocycles. The fraction of sp³-hybridized carbons (Fsp3) is 0.600. The Morgan fingerprint density at radius 1 is 1.22 bits per heavy atom. The molecule has 2 N–H and O–H groups in total. The molecule has 1 aromatic rings. The molecular weight excluding hydrogens is 246 g/mol. The van der Waals surface area contributed by atoms with Gasteiger partial charge in [-0.1, -0.05) is 32.9 Å². The highest BCUT2D eigenvalue weighted by molar-refractivity contribution is 5.85. The average molecular weight is 272 g/mol. The van der Waals surface area contributed by atoms with Gasteiger partial charge in [0.1, 0.15) is 5.75 Å². The Balaban J connectivity index is 0.00000289. The van der Waals surface area contributed by atoms with Crippen LogP contribution in [0.3, 0.4) is 0 Å². The lowest BCUT2D eigenvalue weighted by molar-refractivity contribution is 0.313. The molecule has 0 spiro atoms. The average Bonchev–Trinajstić information content (AvgIpc) is 2.26. The topological polar surface area (TPSA) is 35.2 Å². The summed E-state index contributed by atoms with van der Waals surface area (Å²) < 4.78 is 5.77. The van der Waals surface area contributed by atoms with Crippen molar-refractivity contribution >= 4 is 12.4 Å². The van der Waals surface area contributed by atoms with Crippen LogP contribution in [0.25, 0.3) is 0 Å². The number of halogens is 1. The maximum Gasteiger partial charge on any atom is 0.122 e. The molecule has 0 bridgehead atoms. The quantitative estimate of drug-likeness (QED) is 0.851. The van der Waals surface area contributed by atoms with Gasteiger partial charge in [-0.2, -0.15) is 0 Å². The van der Waals surface area contributed by atoms with Gasteiger partial charge >= 0.3 is 0 Å². The lowest BCUT2D eigenvalue weighted by Gasteiger charge is -2.15. The summed E-state index contributed by atoms with van der Waals surface area (Å²) in [5.41, 5.74) is 8.48. The Hall–Kier alpha value is -0.730. The Kier molecular flexibility index (Phi) is 8.05. The summed E-state index contributed by atoms with van der Waals surface area (Å²) >= 11 is 0. The first-order chi connectivity index (χ1) is 8.04. The maximum absolute atomic E-state index is 5.89. The number of nitrogens with two attached hydrogens (primary N) is 1. The van der Waals surface area contributed by atoms with E-state index in [9.17, 15) is 0 Å². The molecule has 1 aromatic carbocycles. The molecule has 0 saturated carbocycles. The predicted molar refractivity (Wildman–Crippen MR) is 80.9 cm³/mol. The molecule has 0 radical (unpaired) electrons. The molecule has 0 fully saturated rings. The lowest BCUT2D eigenvalue weighted by Crippen LogP contribution is -2.18. The van der Waals surface area contributed by atoms with Crippen LogP contribution in [0.5, 0.6) is 5.75 Å². The molecular formula is C15H26ClNO. The number of ether oxygens (including phenoxy) is 1. The predicted octanol–water partition coefficient (Wildman–Crippen LogP) is 3.91. The first-order valence-corrected chi connectivity index (χ1v) is 6.55. The van der Waals surface area contributed by atoms with Crippen molar-refractivity contribution in [2.75, 3.05) is 6.61 Å². The Labute approximate surface area is 117 Å². The molecule has 1 rings (SSSR count). The van der Waals surface area contributed by atoms with Gasteiger partial charge in [-0.3, -0.25) is 0 Å². The third-order valence-corrected chi connectivity index (χ3v) is 2.75. The summed E-state index contributed by atoms with van der Waals surface area (Å²) in [4.78, 5) is 0. The van der Waals surface area contributed by atoms with Gasteiger partial charge in [-0.05, 0) is 42.9 Å². The van der Waals surface area contributed by atoms with Gasteiger partial charge in [0.15, 0.2) is 0 Å². The van der Waals surface area contributed by atoms with Crippen LogP contribution >= 0.6 is 12.4 Å². The Morgan fingerprint density at radius 2 is 1.89 bits per heavy atom. The van der Waals surface area contributed by atoms with Crippen LogP contribution < -0.4 is 10.5 Å². The third kappa shape index (κ3) is 5.28. The fourth-order valence-corrected chi connectivity index (χ4v) is 1.82. The molecule has 1 unspecified atom stereocenters. The van der Waals surface area contributed by atoms with Gasteiger partial charge in [-0.15, -0.1) is 12.4 Å². The van der Waals surface area contributed by atoms with Crippen LogP contribution in [0, 0.1) is 0 Å². The van der Waals surface area contributed by atoms with E-state index in [4.69, 9.17) is 10.5 Å². The van der Waals surface area contributed by atoms with Gasteiger partial charge in [0.25, 0.3) is 0 Å². The third-order valence-electron chi connectivity index (χ3n) is 2.75. The van der Waals surface area contributed by atoms with Gasteiger partial charge in [0, 0.05) is 6.04 Å². The minimum Gasteiger partial charge on any atom is -0.493 e. The molecule has 18 heavy (non-hydrogen) atoms. The Morgan fingerprint density at radius 3 is 2.39 bits per heavy atom. The van der Waals surface area contributed by atoms with Crippen LogP contribution in [0.1, 0.15) is 51.2 Å². The SMILES string of the molecule is CCCOc1ccc(C(C)C)cc1CC(C)N.Cl. The number of hydrogen-bond donors (Lipinski definition) is 1. The molecule has 104 valence electrons. The van der Waals surface area contributed by atoms with E-state index in [0.29, 0.717) is 5.92 Å². The summed E-state index contributed by atoms with van der Waals surface area (Å²) in [6, 6.07) is 6.64. The van der Waals surface area contributed by atoms with E-state index in [1.807, 2.05) is 6.92 Å². The van der Waals surface area contributed by atoms with Crippen molar-refractivity contribution in [1.82, 2.24) is 0 Å². The van der Waals surface area contributed by atoms with Crippen LogP contribution in [-0.4, -0.2) is 12.6 Å². The lowest BCUT2D eigenvalue weighted by atomic mass is 9.97. The zero-order chi connectivity index (χ0) is 12.8. The van der Waals surface area contributed by atoms with Crippen LogP contribution in [0.15, 0.2) is 18.2 Å². The minimum absolute atomic E-state index is 0. The molecule has 0 aliphatic carbocycles. The van der Waals surface area contributed by atoms with Crippen molar-refractivity contribution in [2.24, 2.45) is 5.73 Å². The molecule has 0 aliphatic heterocycles. The van der Waals surface area contributed by atoms with Crippen molar-refractivity contribution in [2.45, 2.75) is 52.5 Å². The monoisotopic (exact) mass is 271 g/mol. The number of hydrogen-bond acceptors (Lipinski definition) is 2. The second kappa shape index (κ2) is 8.39. The molecule has 2 nitrogen and oxygen atoms in total. The van der Waals surface area contributed by atoms with E-state index in [1.165, 1.54) is 11.1 Å². The normalized spacial score (nSPS) is 12.1. The minimum atomic E-state index is 0. The summed E-state index contributed by atoms with van der Waals surface area (Å²) in [5.74, 6) is 1.54. The van der Waals surface area contributed by atoms with E-state index < -0.39 is 0 Å². The molecule has 0 aliphatic rings. The standard InChI is InChI=1S/C15H25NO.ClH/c1-5-8-17-15-7-6-13(11(2)3)10-14(15)9-12(4)16;/h6-7,10-12H,5,8-9,16H2,1-4H3;1H. The maximum atomic E-state index is 5.89. The van der Waals surface area contributed by atoms with Crippen molar-refractivity contribution in [3.05, 3.63) is 29.3 Å². The van der Waals surface area contributed by atoms with Crippen molar-refractivity contribution in [1.29, 1.82) is 0 Å². The second-order valence-corrected chi connectivity index (χ2v) is 5.05. The molecule has 1 atom stereocenters. The first kappa shape index (κ1) is 17.3. The van der Waals surface area contributed by atoms with E-state index in [2.05, 4.69) is 39.0 Å². The largest absolute Gasteiger partial charge is 0.493 e. The van der Waals surface area contributed by atoms with Gasteiger partial charge in [0.05, 0.1) is 6.61 Å². The van der Waals surface area contributed by atoms with E-state index in [-0.39, 0.29) is 18.4 Å². The summed E-state index contributed by atoms with van der Waals surface area (Å²) in [6.45, 7) is 9.33. The highest BCUT2D eigenvalue weighted by atomic mass is 35.5. The van der Waals surface area contributed by atoms with Gasteiger partial charge < -0.3 is 10.5 Å². The zero-order valence-electron chi connectivity index (χ0n) is 11.9. The van der Waals surface area contributed by atoms with Gasteiger partial charge in [-0.25, -0.2) is 0 Å². The summed E-state index contributed by atoms with van der Waals surface area (Å²) in [5, 5.41) is 0. The van der Waals surface area contributed by atoms with Crippen LogP contribution in [-0.2, 0) is 6.42 Å². The zero-order valence-corrected chi connectivity index (χ0v) is 12.7. The van der Waals surface area contributed by atoms with Crippen molar-refractivity contribution < 1.29 is 4.74 Å². The molecule has 0 aromatic heterocycles. The summed E-state index contributed by atoms with van der Waals surface area (Å²) in [7, 11) is 0. The molecule has 3 heteroatoms. The second-order valence-electron chi connectivity index (χ2n) is 5.05. The van der Waals surface area contributed by atoms with E-state index >= 15 is 0 Å². The number of benzene rings is 1. The first-order valence-electron chi connectivity index (χ1n) is 6.55. The highest BCUT2D eigenvalue weighted by Gasteiger charge is 2.09. The van der Waals surface area contributed by atoms with Crippen LogP contribution in [0.2, 0.25) is 0 Å². The Bertz CT molecular complexity index is 350. The van der Waals surface area contributed by atoms with E-state index in [0.717, 1.165) is 25.2 Å².